The van der Waals surface area contributed by atoms with E-state index in [9.17, 15) is 18.4 Å². The average Bonchev–Trinajstić information content (AvgIpc) is 2.98. The topological polar surface area (TPSA) is 73.8 Å². The molecule has 0 fully saturated rings. The third-order valence-corrected chi connectivity index (χ3v) is 5.06. The highest BCUT2D eigenvalue weighted by Crippen LogP contribution is 2.22. The minimum atomic E-state index is -0.618. The van der Waals surface area contributed by atoms with E-state index in [-0.39, 0.29) is 11.8 Å². The van der Waals surface area contributed by atoms with Gasteiger partial charge in [0.1, 0.15) is 11.6 Å². The normalized spacial score (nSPS) is 14.6. The molecule has 2 N–H and O–H groups in total. The molecule has 8 heteroatoms. The monoisotopic (exact) mass is 428 g/mol. The highest BCUT2D eigenvalue weighted by atomic mass is 19.1. The van der Waals surface area contributed by atoms with E-state index in [1.54, 1.807) is 31.2 Å². The van der Waals surface area contributed by atoms with Crippen molar-refractivity contribution in [1.82, 2.24) is 15.5 Å². The molecular formula is C23H26F2N4O2. The number of hydrogen-bond donors (Lipinski definition) is 2. The predicted molar refractivity (Wildman–Crippen MR) is 115 cm³/mol. The minimum Gasteiger partial charge on any atom is -0.357 e. The molecule has 31 heavy (non-hydrogen) atoms. The molecule has 1 heterocycles. The maximum Gasteiger partial charge on any atom is 0.261 e. The second-order valence-corrected chi connectivity index (χ2v) is 7.31. The molecule has 1 aliphatic rings. The number of halogens is 2. The van der Waals surface area contributed by atoms with Crippen LogP contribution in [-0.2, 0) is 0 Å². The van der Waals surface area contributed by atoms with E-state index in [2.05, 4.69) is 15.6 Å². The quantitative estimate of drug-likeness (QED) is 0.291. The van der Waals surface area contributed by atoms with Gasteiger partial charge in [0.05, 0.1) is 17.2 Å². The van der Waals surface area contributed by atoms with Gasteiger partial charge in [0.2, 0.25) is 0 Å². The van der Waals surface area contributed by atoms with E-state index in [1.807, 2.05) is 6.92 Å². The van der Waals surface area contributed by atoms with E-state index in [0.717, 1.165) is 6.07 Å². The second-order valence-electron chi connectivity index (χ2n) is 7.31. The summed E-state index contributed by atoms with van der Waals surface area (Å²) in [6, 6.07) is 9.91. The number of carbonyl (C=O) groups excluding carboxylic acids is 2. The van der Waals surface area contributed by atoms with Crippen molar-refractivity contribution in [3.8, 4) is 0 Å². The zero-order chi connectivity index (χ0) is 22.4. The Hall–Kier alpha value is -3.29. The lowest BCUT2D eigenvalue weighted by Crippen LogP contribution is -2.39. The van der Waals surface area contributed by atoms with Crippen LogP contribution in [0.5, 0.6) is 0 Å². The van der Waals surface area contributed by atoms with Crippen LogP contribution >= 0.6 is 0 Å². The van der Waals surface area contributed by atoms with Gasteiger partial charge in [-0.05, 0) is 44.9 Å². The summed E-state index contributed by atoms with van der Waals surface area (Å²) in [5.74, 6) is -1.23. The first-order valence-corrected chi connectivity index (χ1v) is 10.4. The van der Waals surface area contributed by atoms with E-state index in [4.69, 9.17) is 0 Å². The third-order valence-electron chi connectivity index (χ3n) is 5.06. The van der Waals surface area contributed by atoms with Crippen LogP contribution in [0.2, 0.25) is 0 Å². The van der Waals surface area contributed by atoms with Gasteiger partial charge in [-0.25, -0.2) is 8.78 Å². The van der Waals surface area contributed by atoms with Gasteiger partial charge >= 0.3 is 0 Å². The number of carbonyl (C=O) groups is 2. The summed E-state index contributed by atoms with van der Waals surface area (Å²) in [6.45, 7) is 5.12. The SMILES string of the molecule is CCNC(=NCCCCN1C(=O)c2ccccc2C1=O)NC(C)c1ccc(F)cc1F. The molecule has 3 rings (SSSR count). The number of aliphatic imine (C=N–C) groups is 1. The lowest BCUT2D eigenvalue weighted by atomic mass is 10.1. The van der Waals surface area contributed by atoms with Crippen LogP contribution in [-0.4, -0.2) is 42.3 Å². The van der Waals surface area contributed by atoms with Gasteiger partial charge in [0.15, 0.2) is 5.96 Å². The van der Waals surface area contributed by atoms with Crippen LogP contribution in [0.15, 0.2) is 47.5 Å². The van der Waals surface area contributed by atoms with E-state index in [0.29, 0.717) is 55.1 Å². The summed E-state index contributed by atoms with van der Waals surface area (Å²) in [5.41, 5.74) is 1.25. The maximum absolute atomic E-state index is 14.0. The van der Waals surface area contributed by atoms with Crippen molar-refractivity contribution in [1.29, 1.82) is 0 Å². The molecule has 0 spiro atoms. The van der Waals surface area contributed by atoms with Crippen molar-refractivity contribution in [3.05, 3.63) is 70.8 Å². The zero-order valence-corrected chi connectivity index (χ0v) is 17.6. The van der Waals surface area contributed by atoms with Crippen molar-refractivity contribution >= 4 is 17.8 Å². The average molecular weight is 428 g/mol. The Bertz CT molecular complexity index is 958. The smallest absolute Gasteiger partial charge is 0.261 e. The molecule has 0 aliphatic carbocycles. The van der Waals surface area contributed by atoms with Crippen molar-refractivity contribution in [2.24, 2.45) is 4.99 Å². The minimum absolute atomic E-state index is 0.255. The lowest BCUT2D eigenvalue weighted by Gasteiger charge is -2.19. The Labute approximate surface area is 180 Å². The van der Waals surface area contributed by atoms with Crippen molar-refractivity contribution in [2.45, 2.75) is 32.7 Å². The molecule has 2 aromatic carbocycles. The molecule has 0 radical (unpaired) electrons. The Morgan fingerprint density at radius 3 is 2.35 bits per heavy atom. The molecule has 0 aromatic heterocycles. The first-order chi connectivity index (χ1) is 14.9. The molecule has 2 aromatic rings. The fourth-order valence-electron chi connectivity index (χ4n) is 3.47. The predicted octanol–water partition coefficient (Wildman–Crippen LogP) is 3.66. The number of nitrogens with one attached hydrogen (secondary N) is 2. The summed E-state index contributed by atoms with van der Waals surface area (Å²) in [5, 5.41) is 6.21. The van der Waals surface area contributed by atoms with E-state index >= 15 is 0 Å². The number of nitrogens with zero attached hydrogens (tertiary/aromatic N) is 2. The van der Waals surface area contributed by atoms with Crippen LogP contribution < -0.4 is 10.6 Å². The summed E-state index contributed by atoms with van der Waals surface area (Å²) in [6.07, 6.45) is 1.29. The fourth-order valence-corrected chi connectivity index (χ4v) is 3.47. The number of unbranched alkanes of at least 4 members (excludes halogenated alkanes) is 1. The van der Waals surface area contributed by atoms with Gasteiger partial charge in [-0.3, -0.25) is 19.5 Å². The number of rotatable bonds is 8. The molecule has 0 saturated heterocycles. The van der Waals surface area contributed by atoms with Crippen molar-refractivity contribution in [3.63, 3.8) is 0 Å². The van der Waals surface area contributed by atoms with Crippen LogP contribution in [0, 0.1) is 11.6 Å². The number of guanidine groups is 1. The van der Waals surface area contributed by atoms with E-state index in [1.165, 1.54) is 17.0 Å². The standard InChI is InChI=1S/C23H26F2N4O2/c1-3-26-23(28-15(2)17-11-10-16(24)14-20(17)25)27-12-6-7-13-29-21(30)18-8-4-5-9-19(18)22(29)31/h4-5,8-11,14-15H,3,6-7,12-13H2,1-2H3,(H2,26,27,28). The fraction of sp³-hybridized carbons (Fsp3) is 0.348. The van der Waals surface area contributed by atoms with Crippen LogP contribution in [0.3, 0.4) is 0 Å². The Morgan fingerprint density at radius 1 is 1.06 bits per heavy atom. The number of fused-ring (bicyclic) bond motifs is 1. The second kappa shape index (κ2) is 10.1. The largest absolute Gasteiger partial charge is 0.357 e. The number of imide groups is 1. The van der Waals surface area contributed by atoms with Crippen LogP contribution in [0.1, 0.15) is 59.0 Å². The van der Waals surface area contributed by atoms with Gasteiger partial charge in [0, 0.05) is 31.3 Å². The van der Waals surface area contributed by atoms with Gasteiger partial charge in [0.25, 0.3) is 11.8 Å². The Kier molecular flexibility index (Phi) is 7.33. The van der Waals surface area contributed by atoms with Gasteiger partial charge in [-0.1, -0.05) is 18.2 Å². The van der Waals surface area contributed by atoms with Gasteiger partial charge in [-0.15, -0.1) is 0 Å². The maximum atomic E-state index is 14.0. The molecular weight excluding hydrogens is 402 g/mol. The molecule has 1 unspecified atom stereocenters. The summed E-state index contributed by atoms with van der Waals surface area (Å²) in [7, 11) is 0. The van der Waals surface area contributed by atoms with Crippen LogP contribution in [0.25, 0.3) is 0 Å². The van der Waals surface area contributed by atoms with E-state index < -0.39 is 17.7 Å². The highest BCUT2D eigenvalue weighted by molar-refractivity contribution is 6.21. The van der Waals surface area contributed by atoms with Crippen molar-refractivity contribution in [2.75, 3.05) is 19.6 Å². The van der Waals surface area contributed by atoms with Gasteiger partial charge < -0.3 is 10.6 Å². The number of benzene rings is 2. The Balaban J connectivity index is 1.51. The Morgan fingerprint density at radius 2 is 1.74 bits per heavy atom. The summed E-state index contributed by atoms with van der Waals surface area (Å²) >= 11 is 0. The van der Waals surface area contributed by atoms with Crippen LogP contribution in [0.4, 0.5) is 8.78 Å². The summed E-state index contributed by atoms with van der Waals surface area (Å²) < 4.78 is 27.1. The lowest BCUT2D eigenvalue weighted by molar-refractivity contribution is 0.0652. The molecule has 2 amide bonds. The molecule has 0 bridgehead atoms. The first-order valence-electron chi connectivity index (χ1n) is 10.4. The molecule has 6 nitrogen and oxygen atoms in total. The van der Waals surface area contributed by atoms with Crippen molar-refractivity contribution < 1.29 is 18.4 Å². The number of amides is 2. The zero-order valence-electron chi connectivity index (χ0n) is 17.6. The highest BCUT2D eigenvalue weighted by Gasteiger charge is 2.34. The third kappa shape index (κ3) is 5.25. The molecule has 1 atom stereocenters. The molecule has 1 aliphatic heterocycles. The molecule has 164 valence electrons. The number of hydrogen-bond acceptors (Lipinski definition) is 3. The van der Waals surface area contributed by atoms with Gasteiger partial charge in [-0.2, -0.15) is 0 Å². The molecule has 0 saturated carbocycles. The summed E-state index contributed by atoms with van der Waals surface area (Å²) in [4.78, 5) is 30.5. The first kappa shape index (κ1) is 22.4.